The van der Waals surface area contributed by atoms with Crippen molar-refractivity contribution in [3.05, 3.63) is 28.8 Å². The van der Waals surface area contributed by atoms with E-state index in [1.807, 2.05) is 19.1 Å². The number of hydrogen-bond acceptors (Lipinski definition) is 2. The summed E-state index contributed by atoms with van der Waals surface area (Å²) in [6.07, 6.45) is 0. The maximum Gasteiger partial charge on any atom is 0.193 e. The van der Waals surface area contributed by atoms with Gasteiger partial charge in [-0.1, -0.05) is 11.6 Å². The average molecular weight is 227 g/mol. The first-order chi connectivity index (χ1) is 7.17. The van der Waals surface area contributed by atoms with Gasteiger partial charge < -0.3 is 16.8 Å². The van der Waals surface area contributed by atoms with Crippen LogP contribution in [0.25, 0.3) is 0 Å². The molecule has 0 fully saturated rings. The molecular formula is C10H15ClN4. The van der Waals surface area contributed by atoms with Crippen LogP contribution in [0, 0.1) is 0 Å². The number of nitrogens with zero attached hydrogens (tertiary/aromatic N) is 1. The van der Waals surface area contributed by atoms with Gasteiger partial charge in [0.15, 0.2) is 5.96 Å². The van der Waals surface area contributed by atoms with Crippen LogP contribution in [0.3, 0.4) is 0 Å². The van der Waals surface area contributed by atoms with Gasteiger partial charge in [-0.25, -0.2) is 0 Å². The lowest BCUT2D eigenvalue weighted by Gasteiger charge is -2.08. The van der Waals surface area contributed by atoms with Crippen LogP contribution in [0.2, 0.25) is 5.02 Å². The van der Waals surface area contributed by atoms with E-state index in [2.05, 4.69) is 10.3 Å². The molecule has 1 aromatic carbocycles. The first kappa shape index (κ1) is 11.8. The van der Waals surface area contributed by atoms with Crippen molar-refractivity contribution < 1.29 is 0 Å². The molecule has 0 aromatic heterocycles. The Labute approximate surface area is 94.3 Å². The van der Waals surface area contributed by atoms with Gasteiger partial charge in [0.1, 0.15) is 0 Å². The summed E-state index contributed by atoms with van der Waals surface area (Å²) in [5.74, 6) is 0.391. The van der Waals surface area contributed by atoms with Crippen LogP contribution in [0.1, 0.15) is 12.5 Å². The third-order valence-electron chi connectivity index (χ3n) is 1.87. The fourth-order valence-corrected chi connectivity index (χ4v) is 1.36. The summed E-state index contributed by atoms with van der Waals surface area (Å²) in [5.41, 5.74) is 12.9. The van der Waals surface area contributed by atoms with Crippen LogP contribution in [0.4, 0.5) is 5.69 Å². The van der Waals surface area contributed by atoms with Crippen molar-refractivity contribution in [2.24, 2.45) is 16.5 Å². The summed E-state index contributed by atoms with van der Waals surface area (Å²) in [7, 11) is 0. The van der Waals surface area contributed by atoms with Crippen molar-refractivity contribution in [1.82, 2.24) is 0 Å². The number of nitrogens with two attached hydrogens (primary N) is 2. The monoisotopic (exact) mass is 226 g/mol. The van der Waals surface area contributed by atoms with Crippen molar-refractivity contribution in [1.29, 1.82) is 0 Å². The Morgan fingerprint density at radius 2 is 2.27 bits per heavy atom. The summed E-state index contributed by atoms with van der Waals surface area (Å²) in [6, 6.07) is 5.48. The minimum absolute atomic E-state index is 0.391. The van der Waals surface area contributed by atoms with E-state index in [0.29, 0.717) is 24.1 Å². The first-order valence-corrected chi connectivity index (χ1v) is 5.10. The van der Waals surface area contributed by atoms with Gasteiger partial charge in [0.25, 0.3) is 0 Å². The third-order valence-corrected chi connectivity index (χ3v) is 2.24. The second-order valence-corrected chi connectivity index (χ2v) is 3.40. The molecule has 0 amide bonds. The molecule has 1 aromatic rings. The SMILES string of the molecule is CCN=C(N)Nc1ccc(Cl)c(CN)c1. The molecule has 4 nitrogen and oxygen atoms in total. The van der Waals surface area contributed by atoms with Crippen molar-refractivity contribution >= 4 is 23.2 Å². The first-order valence-electron chi connectivity index (χ1n) is 4.72. The zero-order chi connectivity index (χ0) is 11.3. The molecule has 82 valence electrons. The molecule has 0 radical (unpaired) electrons. The molecule has 15 heavy (non-hydrogen) atoms. The quantitative estimate of drug-likeness (QED) is 0.541. The van der Waals surface area contributed by atoms with E-state index in [4.69, 9.17) is 23.1 Å². The molecule has 1 rings (SSSR count). The van der Waals surface area contributed by atoms with E-state index < -0.39 is 0 Å². The fourth-order valence-electron chi connectivity index (χ4n) is 1.17. The van der Waals surface area contributed by atoms with Gasteiger partial charge in [-0.05, 0) is 30.7 Å². The fraction of sp³-hybridized carbons (Fsp3) is 0.300. The van der Waals surface area contributed by atoms with E-state index in [-0.39, 0.29) is 0 Å². The number of hydrogen-bond donors (Lipinski definition) is 3. The number of benzene rings is 1. The van der Waals surface area contributed by atoms with Crippen molar-refractivity contribution in [2.45, 2.75) is 13.5 Å². The van der Waals surface area contributed by atoms with Crippen LogP contribution in [0.15, 0.2) is 23.2 Å². The maximum atomic E-state index is 5.92. The molecule has 0 atom stereocenters. The number of guanidine groups is 1. The highest BCUT2D eigenvalue weighted by atomic mass is 35.5. The summed E-state index contributed by atoms with van der Waals surface area (Å²) < 4.78 is 0. The Morgan fingerprint density at radius 1 is 1.53 bits per heavy atom. The summed E-state index contributed by atoms with van der Waals surface area (Å²) in [4.78, 5) is 4.02. The average Bonchev–Trinajstić information content (AvgIpc) is 2.21. The van der Waals surface area contributed by atoms with E-state index in [0.717, 1.165) is 11.3 Å². The summed E-state index contributed by atoms with van der Waals surface area (Å²) in [6.45, 7) is 2.97. The van der Waals surface area contributed by atoms with E-state index in [1.54, 1.807) is 6.07 Å². The summed E-state index contributed by atoms with van der Waals surface area (Å²) in [5, 5.41) is 3.62. The topological polar surface area (TPSA) is 76.4 Å². The third kappa shape index (κ3) is 3.42. The van der Waals surface area contributed by atoms with Gasteiger partial charge in [0.05, 0.1) is 0 Å². The Bertz CT molecular complexity index is 362. The number of nitrogens with one attached hydrogen (secondary N) is 1. The van der Waals surface area contributed by atoms with Gasteiger partial charge in [-0.2, -0.15) is 0 Å². The lowest BCUT2D eigenvalue weighted by Crippen LogP contribution is -2.22. The molecular weight excluding hydrogens is 212 g/mol. The van der Waals surface area contributed by atoms with Crippen molar-refractivity contribution in [2.75, 3.05) is 11.9 Å². The Balaban J connectivity index is 2.83. The smallest absolute Gasteiger partial charge is 0.193 e. The van der Waals surface area contributed by atoms with Crippen molar-refractivity contribution in [3.8, 4) is 0 Å². The molecule has 0 saturated carbocycles. The van der Waals surface area contributed by atoms with Gasteiger partial charge >= 0.3 is 0 Å². The molecule has 0 saturated heterocycles. The molecule has 0 spiro atoms. The zero-order valence-corrected chi connectivity index (χ0v) is 9.38. The van der Waals surface area contributed by atoms with Gasteiger partial charge in [0, 0.05) is 23.8 Å². The minimum Gasteiger partial charge on any atom is -0.370 e. The predicted molar refractivity (Wildman–Crippen MR) is 65.1 cm³/mol. The number of aliphatic imine (C=N–C) groups is 1. The van der Waals surface area contributed by atoms with Crippen LogP contribution in [0.5, 0.6) is 0 Å². The molecule has 0 aliphatic heterocycles. The lowest BCUT2D eigenvalue weighted by molar-refractivity contribution is 1.07. The van der Waals surface area contributed by atoms with E-state index in [1.165, 1.54) is 0 Å². The molecule has 0 bridgehead atoms. The van der Waals surface area contributed by atoms with Crippen LogP contribution in [-0.4, -0.2) is 12.5 Å². The second-order valence-electron chi connectivity index (χ2n) is 2.99. The Morgan fingerprint density at radius 3 is 2.87 bits per heavy atom. The van der Waals surface area contributed by atoms with Crippen LogP contribution in [-0.2, 0) is 6.54 Å². The summed E-state index contributed by atoms with van der Waals surface area (Å²) >= 11 is 5.92. The van der Waals surface area contributed by atoms with E-state index >= 15 is 0 Å². The molecule has 0 aliphatic rings. The zero-order valence-electron chi connectivity index (χ0n) is 8.63. The molecule has 5 heteroatoms. The number of halogens is 1. The standard InChI is InChI=1S/C10H15ClN4/c1-2-14-10(13)15-8-3-4-9(11)7(5-8)6-12/h3-5H,2,6,12H2,1H3,(H3,13,14,15). The Kier molecular flexibility index (Phi) is 4.39. The van der Waals surface area contributed by atoms with Gasteiger partial charge in [-0.3, -0.25) is 4.99 Å². The highest BCUT2D eigenvalue weighted by molar-refractivity contribution is 6.31. The molecule has 0 heterocycles. The van der Waals surface area contributed by atoms with Crippen molar-refractivity contribution in [3.63, 3.8) is 0 Å². The Hall–Kier alpha value is -1.26. The molecule has 5 N–H and O–H groups in total. The van der Waals surface area contributed by atoms with Crippen LogP contribution >= 0.6 is 11.6 Å². The highest BCUT2D eigenvalue weighted by Crippen LogP contribution is 2.19. The highest BCUT2D eigenvalue weighted by Gasteiger charge is 2.00. The minimum atomic E-state index is 0.391. The van der Waals surface area contributed by atoms with Crippen LogP contribution < -0.4 is 16.8 Å². The lowest BCUT2D eigenvalue weighted by atomic mass is 10.2. The normalized spacial score (nSPS) is 11.5. The largest absolute Gasteiger partial charge is 0.370 e. The maximum absolute atomic E-state index is 5.92. The number of rotatable bonds is 3. The van der Waals surface area contributed by atoms with Gasteiger partial charge in [0.2, 0.25) is 0 Å². The molecule has 0 unspecified atom stereocenters. The molecule has 0 aliphatic carbocycles. The van der Waals surface area contributed by atoms with E-state index in [9.17, 15) is 0 Å². The van der Waals surface area contributed by atoms with Gasteiger partial charge in [-0.15, -0.1) is 0 Å². The second kappa shape index (κ2) is 5.58. The predicted octanol–water partition coefficient (Wildman–Crippen LogP) is 1.55. The number of anilines is 1.